The Bertz CT molecular complexity index is 2390. The normalized spacial score (nSPS) is 11.7. The maximum absolute atomic E-state index is 6.68. The number of hydrogen-bond acceptors (Lipinski definition) is 2. The largest absolute Gasteiger partial charge is 0.456 e. The van der Waals surface area contributed by atoms with Crippen LogP contribution in [-0.2, 0) is 0 Å². The Morgan fingerprint density at radius 2 is 0.935 bits per heavy atom. The van der Waals surface area contributed by atoms with Gasteiger partial charge in [0.05, 0.1) is 5.69 Å². The molecule has 0 N–H and O–H groups in total. The van der Waals surface area contributed by atoms with Crippen LogP contribution in [0.25, 0.3) is 54.9 Å². The molecule has 1 aliphatic heterocycles. The fraction of sp³-hybridized carbons (Fsp3) is 0. The van der Waals surface area contributed by atoms with E-state index in [9.17, 15) is 0 Å². The van der Waals surface area contributed by atoms with E-state index in [4.69, 9.17) is 4.74 Å². The summed E-state index contributed by atoms with van der Waals surface area (Å²) in [7, 11) is 0. The van der Waals surface area contributed by atoms with Crippen LogP contribution in [0.15, 0.2) is 176 Å². The molecule has 0 unspecified atom stereocenters. The van der Waals surface area contributed by atoms with Crippen molar-refractivity contribution in [2.45, 2.75) is 0 Å². The Labute approximate surface area is 268 Å². The predicted molar refractivity (Wildman–Crippen MR) is 193 cm³/mol. The molecule has 8 aromatic carbocycles. The van der Waals surface area contributed by atoms with Gasteiger partial charge in [-0.15, -0.1) is 0 Å². The van der Waals surface area contributed by atoms with E-state index in [2.05, 4.69) is 175 Å². The molecule has 2 heteroatoms. The zero-order valence-corrected chi connectivity index (χ0v) is 25.1. The summed E-state index contributed by atoms with van der Waals surface area (Å²) in [6.07, 6.45) is 0. The SMILES string of the molecule is c1ccc(-c2ccc(N(c3ccc4ccccc4c3)c3cc4ccccc4c4c3-c3ccccc3Oc3ccccc3-4)cc2)cc1. The molecule has 0 saturated carbocycles. The topological polar surface area (TPSA) is 12.5 Å². The summed E-state index contributed by atoms with van der Waals surface area (Å²) >= 11 is 0. The highest BCUT2D eigenvalue weighted by atomic mass is 16.5. The van der Waals surface area contributed by atoms with E-state index < -0.39 is 0 Å². The van der Waals surface area contributed by atoms with Crippen molar-refractivity contribution in [1.29, 1.82) is 0 Å². The molecule has 0 bridgehead atoms. The lowest BCUT2D eigenvalue weighted by atomic mass is 9.87. The van der Waals surface area contributed by atoms with E-state index in [0.29, 0.717) is 0 Å². The van der Waals surface area contributed by atoms with Crippen LogP contribution in [0.3, 0.4) is 0 Å². The van der Waals surface area contributed by atoms with Crippen LogP contribution >= 0.6 is 0 Å². The summed E-state index contributed by atoms with van der Waals surface area (Å²) in [5.41, 5.74) is 10.2. The van der Waals surface area contributed by atoms with Crippen LogP contribution in [0.1, 0.15) is 0 Å². The van der Waals surface area contributed by atoms with Crippen LogP contribution in [-0.4, -0.2) is 0 Å². The van der Waals surface area contributed by atoms with E-state index in [1.807, 2.05) is 6.07 Å². The van der Waals surface area contributed by atoms with Gasteiger partial charge >= 0.3 is 0 Å². The van der Waals surface area contributed by atoms with Crippen molar-refractivity contribution < 1.29 is 4.74 Å². The quantitative estimate of drug-likeness (QED) is 0.203. The lowest BCUT2D eigenvalue weighted by Crippen LogP contribution is -2.12. The molecule has 0 spiro atoms. The number of rotatable bonds is 4. The number of hydrogen-bond donors (Lipinski definition) is 0. The smallest absolute Gasteiger partial charge is 0.135 e. The van der Waals surface area contributed by atoms with Crippen molar-refractivity contribution in [2.75, 3.05) is 4.90 Å². The van der Waals surface area contributed by atoms with Crippen molar-refractivity contribution in [3.05, 3.63) is 176 Å². The van der Waals surface area contributed by atoms with Gasteiger partial charge in [0.25, 0.3) is 0 Å². The summed E-state index contributed by atoms with van der Waals surface area (Å²) in [4.78, 5) is 2.41. The van der Waals surface area contributed by atoms with Gasteiger partial charge < -0.3 is 9.64 Å². The maximum Gasteiger partial charge on any atom is 0.135 e. The first-order chi connectivity index (χ1) is 22.8. The highest BCUT2D eigenvalue weighted by Crippen LogP contribution is 2.55. The van der Waals surface area contributed by atoms with Crippen molar-refractivity contribution in [2.24, 2.45) is 0 Å². The molecular weight excluding hydrogens is 558 g/mol. The Morgan fingerprint density at radius 1 is 0.370 bits per heavy atom. The van der Waals surface area contributed by atoms with Crippen molar-refractivity contribution >= 4 is 38.6 Å². The van der Waals surface area contributed by atoms with E-state index in [0.717, 1.165) is 45.3 Å². The first kappa shape index (κ1) is 26.3. The van der Waals surface area contributed by atoms with Gasteiger partial charge in [-0.1, -0.05) is 133 Å². The van der Waals surface area contributed by atoms with E-state index in [1.54, 1.807) is 0 Å². The second-order valence-corrected chi connectivity index (χ2v) is 11.7. The first-order valence-electron chi connectivity index (χ1n) is 15.7. The van der Waals surface area contributed by atoms with Crippen molar-refractivity contribution in [3.8, 4) is 44.9 Å². The summed E-state index contributed by atoms with van der Waals surface area (Å²) < 4.78 is 6.68. The maximum atomic E-state index is 6.68. The van der Waals surface area contributed by atoms with Gasteiger partial charge in [0.15, 0.2) is 0 Å². The van der Waals surface area contributed by atoms with Crippen molar-refractivity contribution in [3.63, 3.8) is 0 Å². The average Bonchev–Trinajstić information content (AvgIpc) is 3.27. The predicted octanol–water partition coefficient (Wildman–Crippen LogP) is 12.6. The minimum atomic E-state index is 0.850. The van der Waals surface area contributed by atoms with Crippen LogP contribution in [0, 0.1) is 0 Å². The number of fused-ring (bicyclic) bond motifs is 8. The van der Waals surface area contributed by atoms with Crippen LogP contribution < -0.4 is 9.64 Å². The zero-order valence-electron chi connectivity index (χ0n) is 25.1. The molecule has 8 aromatic rings. The van der Waals surface area contributed by atoms with Gasteiger partial charge in [-0.05, 0) is 75.1 Å². The molecular formula is C44H29NO. The molecule has 1 heterocycles. The fourth-order valence-corrected chi connectivity index (χ4v) is 6.88. The highest BCUT2D eigenvalue weighted by Gasteiger charge is 2.28. The van der Waals surface area contributed by atoms with E-state index in [1.165, 1.54) is 38.2 Å². The Morgan fingerprint density at radius 3 is 1.70 bits per heavy atom. The molecule has 1 aliphatic rings. The molecule has 46 heavy (non-hydrogen) atoms. The zero-order chi connectivity index (χ0) is 30.5. The van der Waals surface area contributed by atoms with Gasteiger partial charge in [-0.25, -0.2) is 0 Å². The molecule has 0 fully saturated rings. The molecule has 0 radical (unpaired) electrons. The fourth-order valence-electron chi connectivity index (χ4n) is 6.88. The average molecular weight is 588 g/mol. The molecule has 2 nitrogen and oxygen atoms in total. The lowest BCUT2D eigenvalue weighted by molar-refractivity contribution is 0.488. The summed E-state index contributed by atoms with van der Waals surface area (Å²) in [5, 5.41) is 4.80. The monoisotopic (exact) mass is 587 g/mol. The third-order valence-electron chi connectivity index (χ3n) is 9.03. The summed E-state index contributed by atoms with van der Waals surface area (Å²) in [6, 6.07) is 62.7. The third-order valence-corrected chi connectivity index (χ3v) is 9.03. The number of anilines is 3. The molecule has 216 valence electrons. The van der Waals surface area contributed by atoms with Crippen LogP contribution in [0.5, 0.6) is 11.5 Å². The number of ether oxygens (including phenoxy) is 1. The van der Waals surface area contributed by atoms with Crippen LogP contribution in [0.4, 0.5) is 17.1 Å². The van der Waals surface area contributed by atoms with E-state index in [-0.39, 0.29) is 0 Å². The minimum Gasteiger partial charge on any atom is -0.456 e. The second-order valence-electron chi connectivity index (χ2n) is 11.7. The first-order valence-corrected chi connectivity index (χ1v) is 15.7. The second kappa shape index (κ2) is 10.8. The Kier molecular flexibility index (Phi) is 6.17. The van der Waals surface area contributed by atoms with Gasteiger partial charge in [0, 0.05) is 33.6 Å². The summed E-state index contributed by atoms with van der Waals surface area (Å²) in [6.45, 7) is 0. The van der Waals surface area contributed by atoms with E-state index >= 15 is 0 Å². The van der Waals surface area contributed by atoms with Crippen LogP contribution in [0.2, 0.25) is 0 Å². The molecule has 0 aliphatic carbocycles. The standard InChI is InChI=1S/C44H29NO/c1-2-12-30(13-3-1)32-22-25-35(26-23-32)45(36-27-24-31-14-4-5-15-33(31)28-36)40-29-34-16-6-7-17-37(34)43-38-18-8-10-20-41(38)46-42-21-11-9-19-39(42)44(40)43/h1-29H. The van der Waals surface area contributed by atoms with Gasteiger partial charge in [-0.2, -0.15) is 0 Å². The lowest BCUT2D eigenvalue weighted by Gasteiger charge is -2.30. The minimum absolute atomic E-state index is 0.850. The molecule has 0 aromatic heterocycles. The van der Waals surface area contributed by atoms with Gasteiger partial charge in [0.1, 0.15) is 11.5 Å². The number of benzene rings is 8. The number of nitrogens with zero attached hydrogens (tertiary/aromatic N) is 1. The molecule has 9 rings (SSSR count). The van der Waals surface area contributed by atoms with Crippen molar-refractivity contribution in [1.82, 2.24) is 0 Å². The molecule has 0 saturated heterocycles. The molecule has 0 atom stereocenters. The Balaban J connectivity index is 1.38. The number of para-hydroxylation sites is 2. The Hall–Kier alpha value is -6.12. The molecule has 0 amide bonds. The van der Waals surface area contributed by atoms with Gasteiger partial charge in [-0.3, -0.25) is 0 Å². The third kappa shape index (κ3) is 4.35. The summed E-state index contributed by atoms with van der Waals surface area (Å²) in [5.74, 6) is 1.71. The van der Waals surface area contributed by atoms with Gasteiger partial charge in [0.2, 0.25) is 0 Å². The highest BCUT2D eigenvalue weighted by molar-refractivity contribution is 6.13.